The number of piperidine rings is 1. The second kappa shape index (κ2) is 10.6. The second-order valence-electron chi connectivity index (χ2n) is 9.04. The summed E-state index contributed by atoms with van der Waals surface area (Å²) in [7, 11) is 4.88. The van der Waals surface area contributed by atoms with Crippen LogP contribution in [0.5, 0.6) is 17.2 Å². The molecule has 0 saturated carbocycles. The molecule has 35 heavy (non-hydrogen) atoms. The number of hydrogen-bond donors (Lipinski definition) is 0. The molecule has 0 N–H and O–H groups in total. The molecule has 2 aliphatic heterocycles. The van der Waals surface area contributed by atoms with Crippen LogP contribution in [-0.2, 0) is 17.8 Å². The van der Waals surface area contributed by atoms with E-state index in [1.165, 1.54) is 4.90 Å². The number of amides is 3. The van der Waals surface area contributed by atoms with Crippen molar-refractivity contribution in [2.24, 2.45) is 0 Å². The van der Waals surface area contributed by atoms with E-state index >= 15 is 0 Å². The van der Waals surface area contributed by atoms with Gasteiger partial charge in [0.05, 0.1) is 26.9 Å². The molecule has 3 amide bonds. The van der Waals surface area contributed by atoms with Gasteiger partial charge in [-0.2, -0.15) is 0 Å². The summed E-state index contributed by atoms with van der Waals surface area (Å²) in [5, 5.41) is 0. The summed E-state index contributed by atoms with van der Waals surface area (Å²) in [6, 6.07) is 13.6. The first-order valence-electron chi connectivity index (χ1n) is 12.2. The fourth-order valence-corrected chi connectivity index (χ4v) is 5.28. The highest BCUT2D eigenvalue weighted by molar-refractivity contribution is 6.07. The molecule has 0 aromatic heterocycles. The van der Waals surface area contributed by atoms with Gasteiger partial charge in [0.15, 0.2) is 0 Å². The molecule has 188 valence electrons. The van der Waals surface area contributed by atoms with Crippen molar-refractivity contribution >= 4 is 11.9 Å². The zero-order chi connectivity index (χ0) is 25.0. The minimum atomic E-state index is -0.771. The molecule has 4 rings (SSSR count). The Morgan fingerprint density at radius 1 is 0.914 bits per heavy atom. The Balaban J connectivity index is 1.51. The lowest BCUT2D eigenvalue weighted by molar-refractivity contribution is -0.135. The average Bonchev–Trinajstić information content (AvgIpc) is 3.09. The number of hydrogen-bond acceptors (Lipinski definition) is 6. The molecule has 2 aliphatic rings. The monoisotopic (exact) mass is 481 g/mol. The average molecular weight is 482 g/mol. The third-order valence-electron chi connectivity index (χ3n) is 7.29. The number of urea groups is 1. The Bertz CT molecular complexity index is 1030. The number of likely N-dealkylation sites (N-methyl/N-ethyl adjacent to an activating group) is 1. The van der Waals surface area contributed by atoms with Crippen molar-refractivity contribution in [2.45, 2.75) is 38.3 Å². The third kappa shape index (κ3) is 4.67. The van der Waals surface area contributed by atoms with Crippen LogP contribution in [0.25, 0.3) is 0 Å². The lowest BCUT2D eigenvalue weighted by atomic mass is 9.85. The summed E-state index contributed by atoms with van der Waals surface area (Å²) in [6.45, 7) is 4.79. The molecule has 0 bridgehead atoms. The Morgan fingerprint density at radius 2 is 1.54 bits per heavy atom. The van der Waals surface area contributed by atoms with Gasteiger partial charge < -0.3 is 19.1 Å². The first kappa shape index (κ1) is 24.9. The highest BCUT2D eigenvalue weighted by Crippen LogP contribution is 2.40. The van der Waals surface area contributed by atoms with E-state index in [4.69, 9.17) is 14.2 Å². The number of carbonyl (C=O) groups excluding carboxylic acids is 2. The van der Waals surface area contributed by atoms with Crippen molar-refractivity contribution in [1.82, 2.24) is 14.7 Å². The molecular weight excluding hydrogens is 446 g/mol. The third-order valence-corrected chi connectivity index (χ3v) is 7.29. The van der Waals surface area contributed by atoms with Crippen LogP contribution in [0, 0.1) is 0 Å². The molecule has 8 nitrogen and oxygen atoms in total. The number of ether oxygens (including phenoxy) is 3. The lowest BCUT2D eigenvalue weighted by Gasteiger charge is -2.42. The summed E-state index contributed by atoms with van der Waals surface area (Å²) in [5.41, 5.74) is 1.33. The van der Waals surface area contributed by atoms with Crippen molar-refractivity contribution in [2.75, 3.05) is 47.5 Å². The maximum absolute atomic E-state index is 13.5. The van der Waals surface area contributed by atoms with Crippen LogP contribution in [0.4, 0.5) is 4.79 Å². The van der Waals surface area contributed by atoms with E-state index in [0.717, 1.165) is 17.5 Å². The minimum Gasteiger partial charge on any atom is -0.496 e. The van der Waals surface area contributed by atoms with Gasteiger partial charge in [-0.05, 0) is 31.7 Å². The molecule has 0 unspecified atom stereocenters. The normalized spacial score (nSPS) is 17.8. The topological polar surface area (TPSA) is 71.6 Å². The van der Waals surface area contributed by atoms with Crippen LogP contribution in [0.3, 0.4) is 0 Å². The Hall–Kier alpha value is -3.26. The quantitative estimate of drug-likeness (QED) is 0.510. The molecule has 8 heteroatoms. The maximum atomic E-state index is 13.5. The standard InChI is InChI=1S/C27H35N3O5/c1-5-29-25(31)27(30(26(29)32)14-11-20-9-7-6-8-10-20)12-15-28(16-13-27)19-22-23(34-3)17-21(33-2)18-24(22)35-4/h6-10,17-18H,5,11-16,19H2,1-4H3. The molecule has 0 atom stereocenters. The number of carbonyl (C=O) groups is 2. The van der Waals surface area contributed by atoms with E-state index in [2.05, 4.69) is 17.0 Å². The van der Waals surface area contributed by atoms with Crippen molar-refractivity contribution in [3.63, 3.8) is 0 Å². The van der Waals surface area contributed by atoms with Crippen LogP contribution in [0.15, 0.2) is 42.5 Å². The van der Waals surface area contributed by atoms with Gasteiger partial charge in [-0.1, -0.05) is 30.3 Å². The summed E-state index contributed by atoms with van der Waals surface area (Å²) >= 11 is 0. The van der Waals surface area contributed by atoms with Crippen molar-refractivity contribution in [3.8, 4) is 17.2 Å². The summed E-state index contributed by atoms with van der Waals surface area (Å²) in [4.78, 5) is 32.2. The second-order valence-corrected chi connectivity index (χ2v) is 9.04. The largest absolute Gasteiger partial charge is 0.496 e. The number of imide groups is 1. The molecule has 0 aliphatic carbocycles. The SMILES string of the molecule is CCN1C(=O)N(CCc2ccccc2)C2(CCN(Cc3c(OC)cc(OC)cc3OC)CC2)C1=O. The fourth-order valence-electron chi connectivity index (χ4n) is 5.28. The summed E-state index contributed by atoms with van der Waals surface area (Å²) in [6.07, 6.45) is 1.93. The van der Waals surface area contributed by atoms with Crippen LogP contribution in [0.2, 0.25) is 0 Å². The summed E-state index contributed by atoms with van der Waals surface area (Å²) in [5.74, 6) is 2.02. The molecule has 2 heterocycles. The predicted molar refractivity (Wildman–Crippen MR) is 133 cm³/mol. The van der Waals surface area contributed by atoms with Crippen LogP contribution < -0.4 is 14.2 Å². The van der Waals surface area contributed by atoms with E-state index in [1.807, 2.05) is 42.2 Å². The van der Waals surface area contributed by atoms with Crippen molar-refractivity contribution < 1.29 is 23.8 Å². The minimum absolute atomic E-state index is 0.0580. The Morgan fingerprint density at radius 3 is 2.09 bits per heavy atom. The van der Waals surface area contributed by atoms with Crippen LogP contribution >= 0.6 is 0 Å². The smallest absolute Gasteiger partial charge is 0.327 e. The van der Waals surface area contributed by atoms with Gasteiger partial charge in [-0.15, -0.1) is 0 Å². The fraction of sp³-hybridized carbons (Fsp3) is 0.481. The number of benzene rings is 2. The molecule has 1 spiro atoms. The predicted octanol–water partition coefficient (Wildman–Crippen LogP) is 3.57. The van der Waals surface area contributed by atoms with E-state index < -0.39 is 5.54 Å². The zero-order valence-electron chi connectivity index (χ0n) is 21.1. The van der Waals surface area contributed by atoms with E-state index in [-0.39, 0.29) is 11.9 Å². The van der Waals surface area contributed by atoms with E-state index in [1.54, 1.807) is 21.3 Å². The van der Waals surface area contributed by atoms with Crippen LogP contribution in [0.1, 0.15) is 30.9 Å². The first-order valence-corrected chi connectivity index (χ1v) is 12.2. The van der Waals surface area contributed by atoms with E-state index in [0.29, 0.717) is 62.8 Å². The number of rotatable bonds is 9. The Labute approximate surface area is 207 Å². The Kier molecular flexibility index (Phi) is 7.50. The van der Waals surface area contributed by atoms with Crippen molar-refractivity contribution in [1.29, 1.82) is 0 Å². The van der Waals surface area contributed by atoms with Crippen LogP contribution in [-0.4, -0.2) is 79.7 Å². The van der Waals surface area contributed by atoms with Gasteiger partial charge in [-0.25, -0.2) is 4.79 Å². The van der Waals surface area contributed by atoms with Gasteiger partial charge in [0.2, 0.25) is 0 Å². The molecule has 2 saturated heterocycles. The van der Waals surface area contributed by atoms with E-state index in [9.17, 15) is 9.59 Å². The molecule has 2 aromatic carbocycles. The van der Waals surface area contributed by atoms with Gasteiger partial charge in [-0.3, -0.25) is 14.6 Å². The first-order chi connectivity index (χ1) is 17.0. The van der Waals surface area contributed by atoms with Crippen molar-refractivity contribution in [3.05, 3.63) is 53.6 Å². The van der Waals surface area contributed by atoms with Gasteiger partial charge in [0, 0.05) is 44.9 Å². The molecule has 0 radical (unpaired) electrons. The number of nitrogens with zero attached hydrogens (tertiary/aromatic N) is 3. The molecular formula is C27H35N3O5. The number of likely N-dealkylation sites (tertiary alicyclic amines) is 1. The highest BCUT2D eigenvalue weighted by atomic mass is 16.5. The van der Waals surface area contributed by atoms with Gasteiger partial charge >= 0.3 is 6.03 Å². The van der Waals surface area contributed by atoms with Gasteiger partial charge in [0.1, 0.15) is 22.8 Å². The zero-order valence-corrected chi connectivity index (χ0v) is 21.1. The highest BCUT2D eigenvalue weighted by Gasteiger charge is 2.57. The van der Waals surface area contributed by atoms with Gasteiger partial charge in [0.25, 0.3) is 5.91 Å². The maximum Gasteiger partial charge on any atom is 0.327 e. The molecule has 2 fully saturated rings. The number of methoxy groups -OCH3 is 3. The summed E-state index contributed by atoms with van der Waals surface area (Å²) < 4.78 is 16.6. The lowest BCUT2D eigenvalue weighted by Crippen LogP contribution is -2.56. The molecule has 2 aromatic rings.